The van der Waals surface area contributed by atoms with Crippen molar-refractivity contribution in [3.8, 4) is 0 Å². The van der Waals surface area contributed by atoms with Crippen molar-refractivity contribution < 1.29 is 19.5 Å². The Labute approximate surface area is 119 Å². The average molecular weight is 285 g/mol. The van der Waals surface area contributed by atoms with Crippen LogP contribution in [0.4, 0.5) is 5.69 Å². The van der Waals surface area contributed by atoms with E-state index < -0.39 is 17.8 Å². The minimum atomic E-state index is -1.05. The summed E-state index contributed by atoms with van der Waals surface area (Å²) < 4.78 is 1.16. The number of amides is 2. The Bertz CT molecular complexity index is 778. The van der Waals surface area contributed by atoms with Gasteiger partial charge in [-0.15, -0.1) is 0 Å². The van der Waals surface area contributed by atoms with E-state index in [1.165, 1.54) is 12.4 Å². The maximum atomic E-state index is 12.3. The molecule has 2 heterocycles. The molecule has 0 bridgehead atoms. The standard InChI is InChI=1S/C14H11N3O4/c1-8-2-3-10-11(4-8)14(21)17(13(10)20)9-5-15-16(6-9)7-12(18)19/h2-6H,7H2,1H3,(H,18,19). The van der Waals surface area contributed by atoms with Crippen LogP contribution in [0.3, 0.4) is 0 Å². The summed E-state index contributed by atoms with van der Waals surface area (Å²) in [6, 6.07) is 5.05. The monoisotopic (exact) mass is 285 g/mol. The highest BCUT2D eigenvalue weighted by Crippen LogP contribution is 2.28. The summed E-state index contributed by atoms with van der Waals surface area (Å²) in [5, 5.41) is 12.5. The topological polar surface area (TPSA) is 92.5 Å². The third kappa shape index (κ3) is 2.08. The maximum Gasteiger partial charge on any atom is 0.325 e. The van der Waals surface area contributed by atoms with Crippen molar-refractivity contribution in [2.45, 2.75) is 13.5 Å². The van der Waals surface area contributed by atoms with Gasteiger partial charge < -0.3 is 5.11 Å². The number of benzene rings is 1. The molecular weight excluding hydrogens is 274 g/mol. The number of rotatable bonds is 3. The summed E-state index contributed by atoms with van der Waals surface area (Å²) in [7, 11) is 0. The molecule has 0 atom stereocenters. The molecular formula is C14H11N3O4. The van der Waals surface area contributed by atoms with Crippen LogP contribution >= 0.6 is 0 Å². The fraction of sp³-hybridized carbons (Fsp3) is 0.143. The number of imide groups is 1. The van der Waals surface area contributed by atoms with Gasteiger partial charge in [0.15, 0.2) is 0 Å². The van der Waals surface area contributed by atoms with Crippen molar-refractivity contribution in [2.24, 2.45) is 0 Å². The van der Waals surface area contributed by atoms with Gasteiger partial charge in [0.1, 0.15) is 6.54 Å². The predicted molar refractivity (Wildman–Crippen MR) is 72.2 cm³/mol. The third-order valence-electron chi connectivity index (χ3n) is 3.22. The van der Waals surface area contributed by atoms with Crippen LogP contribution in [0.5, 0.6) is 0 Å². The molecule has 7 heteroatoms. The molecule has 21 heavy (non-hydrogen) atoms. The van der Waals surface area contributed by atoms with Crippen LogP contribution < -0.4 is 4.90 Å². The van der Waals surface area contributed by atoms with E-state index >= 15 is 0 Å². The molecule has 1 aromatic heterocycles. The number of aromatic nitrogens is 2. The second kappa shape index (κ2) is 4.55. The van der Waals surface area contributed by atoms with E-state index in [1.54, 1.807) is 18.2 Å². The van der Waals surface area contributed by atoms with Gasteiger partial charge in [-0.3, -0.25) is 19.1 Å². The normalized spacial score (nSPS) is 13.7. The molecule has 0 unspecified atom stereocenters. The molecule has 1 aliphatic rings. The number of nitrogens with zero attached hydrogens (tertiary/aromatic N) is 3. The van der Waals surface area contributed by atoms with Gasteiger partial charge in [0, 0.05) is 6.20 Å². The molecule has 106 valence electrons. The van der Waals surface area contributed by atoms with Crippen molar-refractivity contribution in [1.29, 1.82) is 0 Å². The molecule has 1 aromatic carbocycles. The Morgan fingerprint density at radius 2 is 1.95 bits per heavy atom. The van der Waals surface area contributed by atoms with Gasteiger partial charge in [0.2, 0.25) is 0 Å². The van der Waals surface area contributed by atoms with Crippen LogP contribution in [0.15, 0.2) is 30.6 Å². The lowest BCUT2D eigenvalue weighted by Gasteiger charge is -2.10. The van der Waals surface area contributed by atoms with Gasteiger partial charge in [-0.1, -0.05) is 11.6 Å². The number of fused-ring (bicyclic) bond motifs is 1. The minimum absolute atomic E-state index is 0.264. The summed E-state index contributed by atoms with van der Waals surface area (Å²) >= 11 is 0. The van der Waals surface area contributed by atoms with Crippen LogP contribution in [0.2, 0.25) is 0 Å². The number of hydrogen-bond donors (Lipinski definition) is 1. The molecule has 0 aliphatic carbocycles. The molecule has 1 N–H and O–H groups in total. The first-order chi connectivity index (χ1) is 9.97. The largest absolute Gasteiger partial charge is 0.480 e. The fourth-order valence-electron chi connectivity index (χ4n) is 2.28. The number of carboxylic acids is 1. The van der Waals surface area contributed by atoms with Crippen molar-refractivity contribution >= 4 is 23.5 Å². The fourth-order valence-corrected chi connectivity index (χ4v) is 2.28. The first-order valence-electron chi connectivity index (χ1n) is 6.21. The van der Waals surface area contributed by atoms with E-state index in [2.05, 4.69) is 5.10 Å². The second-order valence-electron chi connectivity index (χ2n) is 4.78. The summed E-state index contributed by atoms with van der Waals surface area (Å²) in [5.41, 5.74) is 1.85. The van der Waals surface area contributed by atoms with Gasteiger partial charge in [0.05, 0.1) is 23.0 Å². The zero-order valence-corrected chi connectivity index (χ0v) is 11.1. The summed E-state index contributed by atoms with van der Waals surface area (Å²) in [6.07, 6.45) is 2.67. The van der Waals surface area contributed by atoms with Crippen molar-refractivity contribution in [3.05, 3.63) is 47.3 Å². The lowest BCUT2D eigenvalue weighted by Crippen LogP contribution is -2.29. The van der Waals surface area contributed by atoms with E-state index in [-0.39, 0.29) is 12.2 Å². The Morgan fingerprint density at radius 3 is 2.67 bits per heavy atom. The third-order valence-corrected chi connectivity index (χ3v) is 3.22. The maximum absolute atomic E-state index is 12.3. The number of anilines is 1. The van der Waals surface area contributed by atoms with Crippen LogP contribution in [0, 0.1) is 6.92 Å². The molecule has 0 saturated carbocycles. The predicted octanol–water partition coefficient (Wildman–Crippen LogP) is 1.08. The Kier molecular flexibility index (Phi) is 2.83. The molecule has 0 spiro atoms. The zero-order valence-electron chi connectivity index (χ0n) is 11.1. The van der Waals surface area contributed by atoms with E-state index in [0.29, 0.717) is 11.1 Å². The summed E-state index contributed by atoms with van der Waals surface area (Å²) in [5.74, 6) is -1.90. The number of carbonyl (C=O) groups is 3. The molecule has 0 fully saturated rings. The molecule has 2 amide bonds. The number of carbonyl (C=O) groups excluding carboxylic acids is 2. The second-order valence-corrected chi connectivity index (χ2v) is 4.78. The highest BCUT2D eigenvalue weighted by atomic mass is 16.4. The Morgan fingerprint density at radius 1 is 1.24 bits per heavy atom. The van der Waals surface area contributed by atoms with Crippen LogP contribution in [-0.4, -0.2) is 32.7 Å². The SMILES string of the molecule is Cc1ccc2c(c1)C(=O)N(c1cnn(CC(=O)O)c1)C2=O. The van der Waals surface area contributed by atoms with Crippen LogP contribution in [0.25, 0.3) is 0 Å². The molecule has 3 rings (SSSR count). The molecule has 0 saturated heterocycles. The van der Waals surface area contributed by atoms with Crippen molar-refractivity contribution in [2.75, 3.05) is 4.90 Å². The van der Waals surface area contributed by atoms with Crippen LogP contribution in [-0.2, 0) is 11.3 Å². The number of hydrogen-bond acceptors (Lipinski definition) is 4. The van der Waals surface area contributed by atoms with E-state index in [4.69, 9.17) is 5.11 Å². The lowest BCUT2D eigenvalue weighted by molar-refractivity contribution is -0.137. The van der Waals surface area contributed by atoms with Gasteiger partial charge in [0.25, 0.3) is 11.8 Å². The van der Waals surface area contributed by atoms with Crippen molar-refractivity contribution in [3.63, 3.8) is 0 Å². The van der Waals surface area contributed by atoms with E-state index in [1.807, 2.05) is 6.92 Å². The van der Waals surface area contributed by atoms with Gasteiger partial charge >= 0.3 is 5.97 Å². The molecule has 0 radical (unpaired) electrons. The molecule has 1 aliphatic heterocycles. The quantitative estimate of drug-likeness (QED) is 0.852. The lowest BCUT2D eigenvalue weighted by atomic mass is 10.1. The Hall–Kier alpha value is -2.96. The van der Waals surface area contributed by atoms with Crippen molar-refractivity contribution in [1.82, 2.24) is 9.78 Å². The van der Waals surface area contributed by atoms with Gasteiger partial charge in [-0.05, 0) is 19.1 Å². The molecule has 7 nitrogen and oxygen atoms in total. The number of aryl methyl sites for hydroxylation is 1. The number of aliphatic carboxylic acids is 1. The average Bonchev–Trinajstić information content (AvgIpc) is 2.94. The first kappa shape index (κ1) is 13.0. The Balaban J connectivity index is 1.98. The highest BCUT2D eigenvalue weighted by molar-refractivity contribution is 6.34. The zero-order chi connectivity index (χ0) is 15.1. The van der Waals surface area contributed by atoms with E-state index in [9.17, 15) is 14.4 Å². The van der Waals surface area contributed by atoms with Gasteiger partial charge in [-0.2, -0.15) is 5.10 Å². The first-order valence-corrected chi connectivity index (χ1v) is 6.21. The van der Waals surface area contributed by atoms with Crippen LogP contribution in [0.1, 0.15) is 26.3 Å². The smallest absolute Gasteiger partial charge is 0.325 e. The number of carboxylic acid groups (broad SMARTS) is 1. The molecule has 2 aromatic rings. The summed E-state index contributed by atoms with van der Waals surface area (Å²) in [4.78, 5) is 36.3. The minimum Gasteiger partial charge on any atom is -0.480 e. The van der Waals surface area contributed by atoms with E-state index in [0.717, 1.165) is 15.1 Å². The highest BCUT2D eigenvalue weighted by Gasteiger charge is 2.37. The summed E-state index contributed by atoms with van der Waals surface area (Å²) in [6.45, 7) is 1.51. The van der Waals surface area contributed by atoms with Gasteiger partial charge in [-0.25, -0.2) is 4.90 Å².